The molecule has 0 N–H and O–H groups in total. The molecule has 0 radical (unpaired) electrons. The number of hydrogen-bond donors (Lipinski definition) is 0. The number of hydrogen-bond acceptors (Lipinski definition) is 2. The van der Waals surface area contributed by atoms with E-state index in [1.807, 2.05) is 24.0 Å². The van der Waals surface area contributed by atoms with Crippen LogP contribution in [0.25, 0.3) is 5.69 Å². The predicted molar refractivity (Wildman–Crippen MR) is 85.0 cm³/mol. The molecule has 3 heteroatoms. The molecule has 1 aromatic heterocycles. The molecule has 1 aliphatic rings. The first-order valence-corrected chi connectivity index (χ1v) is 7.50. The normalized spacial score (nSPS) is 14.2. The van der Waals surface area contributed by atoms with Crippen LogP contribution in [0.1, 0.15) is 30.5 Å². The second-order valence-corrected chi connectivity index (χ2v) is 6.00. The van der Waals surface area contributed by atoms with E-state index >= 15 is 0 Å². The molecule has 1 saturated carbocycles. The van der Waals surface area contributed by atoms with Gasteiger partial charge in [0.25, 0.3) is 0 Å². The number of aryl methyl sites for hydroxylation is 1. The average molecular weight is 282 g/mol. The molecular weight excluding hydrogens is 260 g/mol. The molecule has 1 aromatic carbocycles. The lowest BCUT2D eigenvalue weighted by Gasteiger charge is -2.12. The van der Waals surface area contributed by atoms with Gasteiger partial charge in [-0.2, -0.15) is 0 Å². The second-order valence-electron chi connectivity index (χ2n) is 6.00. The average Bonchev–Trinajstić information content (AvgIpc) is 3.17. The lowest BCUT2D eigenvalue weighted by atomic mass is 10.0. The van der Waals surface area contributed by atoms with E-state index in [0.717, 1.165) is 29.5 Å². The fraction of sp³-hybridized carbons (Fsp3) is 0.389. The Morgan fingerprint density at radius 1 is 1.43 bits per heavy atom. The van der Waals surface area contributed by atoms with Crippen molar-refractivity contribution < 1.29 is 4.74 Å². The quantitative estimate of drug-likeness (QED) is 0.746. The molecule has 3 rings (SSSR count). The third-order valence-corrected chi connectivity index (χ3v) is 3.96. The van der Waals surface area contributed by atoms with Crippen LogP contribution < -0.4 is 4.74 Å². The summed E-state index contributed by atoms with van der Waals surface area (Å²) in [7, 11) is 1.71. The van der Waals surface area contributed by atoms with Crippen molar-refractivity contribution in [1.29, 1.82) is 0 Å². The maximum Gasteiger partial charge on any atom is 0.143 e. The van der Waals surface area contributed by atoms with Crippen LogP contribution in [0.3, 0.4) is 0 Å². The first-order chi connectivity index (χ1) is 10.2. The number of methoxy groups -OCH3 is 1. The van der Waals surface area contributed by atoms with Crippen molar-refractivity contribution in [2.75, 3.05) is 7.11 Å². The van der Waals surface area contributed by atoms with Crippen molar-refractivity contribution in [1.82, 2.24) is 9.55 Å². The molecule has 0 saturated heterocycles. The standard InChI is InChI=1S/C18H22N2O/c1-13(8-15-4-5-15)9-16-6-7-17(18(10-16)21-3)20-11-14(2)19-12-20/h6-7,10-12,15H,1,4-5,8-9H2,2-3H3. The molecule has 1 fully saturated rings. The molecule has 0 unspecified atom stereocenters. The molecule has 1 aliphatic carbocycles. The van der Waals surface area contributed by atoms with Crippen LogP contribution in [0.2, 0.25) is 0 Å². The highest BCUT2D eigenvalue weighted by Crippen LogP contribution is 2.35. The molecule has 21 heavy (non-hydrogen) atoms. The van der Waals surface area contributed by atoms with E-state index in [4.69, 9.17) is 4.74 Å². The van der Waals surface area contributed by atoms with E-state index in [9.17, 15) is 0 Å². The largest absolute Gasteiger partial charge is 0.495 e. The van der Waals surface area contributed by atoms with Gasteiger partial charge in [0.2, 0.25) is 0 Å². The third-order valence-electron chi connectivity index (χ3n) is 3.96. The molecule has 0 amide bonds. The van der Waals surface area contributed by atoms with E-state index in [-0.39, 0.29) is 0 Å². The van der Waals surface area contributed by atoms with Crippen molar-refractivity contribution >= 4 is 0 Å². The summed E-state index contributed by atoms with van der Waals surface area (Å²) in [6, 6.07) is 6.37. The highest BCUT2D eigenvalue weighted by Gasteiger charge is 2.21. The number of ether oxygens (including phenoxy) is 1. The van der Waals surface area contributed by atoms with Crippen molar-refractivity contribution in [2.45, 2.75) is 32.6 Å². The van der Waals surface area contributed by atoms with Gasteiger partial charge in [-0.05, 0) is 56.2 Å². The van der Waals surface area contributed by atoms with Crippen LogP contribution in [0.5, 0.6) is 5.75 Å². The van der Waals surface area contributed by atoms with Crippen molar-refractivity contribution in [3.05, 3.63) is 54.1 Å². The Bertz CT molecular complexity index is 653. The summed E-state index contributed by atoms with van der Waals surface area (Å²) in [4.78, 5) is 4.27. The maximum atomic E-state index is 5.55. The number of rotatable bonds is 6. The van der Waals surface area contributed by atoms with E-state index in [0.29, 0.717) is 0 Å². The minimum atomic E-state index is 0.879. The Kier molecular flexibility index (Phi) is 3.82. The lowest BCUT2D eigenvalue weighted by Crippen LogP contribution is -1.98. The maximum absolute atomic E-state index is 5.55. The van der Waals surface area contributed by atoms with Crippen molar-refractivity contribution in [3.8, 4) is 11.4 Å². The van der Waals surface area contributed by atoms with Gasteiger partial charge >= 0.3 is 0 Å². The van der Waals surface area contributed by atoms with E-state index in [1.54, 1.807) is 7.11 Å². The zero-order valence-electron chi connectivity index (χ0n) is 12.8. The van der Waals surface area contributed by atoms with Gasteiger partial charge in [-0.25, -0.2) is 4.98 Å². The van der Waals surface area contributed by atoms with Crippen LogP contribution in [-0.2, 0) is 6.42 Å². The number of aromatic nitrogens is 2. The van der Waals surface area contributed by atoms with Crippen LogP contribution in [-0.4, -0.2) is 16.7 Å². The molecule has 0 bridgehead atoms. The minimum Gasteiger partial charge on any atom is -0.495 e. The first kappa shape index (κ1) is 13.9. The van der Waals surface area contributed by atoms with Gasteiger partial charge in [-0.1, -0.05) is 18.2 Å². The molecule has 1 heterocycles. The molecule has 2 aromatic rings. The van der Waals surface area contributed by atoms with Crippen LogP contribution in [0, 0.1) is 12.8 Å². The van der Waals surface area contributed by atoms with Crippen molar-refractivity contribution in [2.24, 2.45) is 5.92 Å². The van der Waals surface area contributed by atoms with Gasteiger partial charge in [0.15, 0.2) is 0 Å². The summed E-state index contributed by atoms with van der Waals surface area (Å²) >= 11 is 0. The first-order valence-electron chi connectivity index (χ1n) is 7.50. The van der Waals surface area contributed by atoms with Gasteiger partial charge in [-0.15, -0.1) is 0 Å². The highest BCUT2D eigenvalue weighted by atomic mass is 16.5. The monoisotopic (exact) mass is 282 g/mol. The fourth-order valence-corrected chi connectivity index (χ4v) is 2.69. The van der Waals surface area contributed by atoms with E-state index in [1.165, 1.54) is 30.4 Å². The predicted octanol–water partition coefficient (Wildman–Crippen LogP) is 4.09. The van der Waals surface area contributed by atoms with Gasteiger partial charge in [0.1, 0.15) is 5.75 Å². The second kappa shape index (κ2) is 5.76. The summed E-state index contributed by atoms with van der Waals surface area (Å²) in [6.45, 7) is 6.20. The van der Waals surface area contributed by atoms with Gasteiger partial charge in [-0.3, -0.25) is 0 Å². The molecule has 110 valence electrons. The summed E-state index contributed by atoms with van der Waals surface area (Å²) in [5.41, 5.74) is 4.61. The van der Waals surface area contributed by atoms with Gasteiger partial charge in [0.05, 0.1) is 24.8 Å². The van der Waals surface area contributed by atoms with Crippen LogP contribution in [0.15, 0.2) is 42.9 Å². The Morgan fingerprint density at radius 3 is 2.86 bits per heavy atom. The highest BCUT2D eigenvalue weighted by molar-refractivity contribution is 5.49. The van der Waals surface area contributed by atoms with Gasteiger partial charge in [0, 0.05) is 6.20 Å². The SMILES string of the molecule is C=C(Cc1ccc(-n2cnc(C)c2)c(OC)c1)CC1CC1. The topological polar surface area (TPSA) is 27.1 Å². The summed E-state index contributed by atoms with van der Waals surface area (Å²) in [5, 5.41) is 0. The number of benzene rings is 1. The zero-order valence-corrected chi connectivity index (χ0v) is 12.8. The smallest absolute Gasteiger partial charge is 0.143 e. The number of allylic oxidation sites excluding steroid dienone is 1. The molecule has 0 spiro atoms. The Hall–Kier alpha value is -2.03. The molecule has 3 nitrogen and oxygen atoms in total. The van der Waals surface area contributed by atoms with Gasteiger partial charge < -0.3 is 9.30 Å². The Balaban J connectivity index is 1.79. The van der Waals surface area contributed by atoms with E-state index in [2.05, 4.69) is 29.8 Å². The molecule has 0 aliphatic heterocycles. The molecular formula is C18H22N2O. The van der Waals surface area contributed by atoms with Crippen molar-refractivity contribution in [3.63, 3.8) is 0 Å². The summed E-state index contributed by atoms with van der Waals surface area (Å²) in [6.07, 6.45) is 8.69. The van der Waals surface area contributed by atoms with E-state index < -0.39 is 0 Å². The Labute approximate surface area is 126 Å². The van der Waals surface area contributed by atoms with Crippen LogP contribution in [0.4, 0.5) is 0 Å². The van der Waals surface area contributed by atoms with Crippen LogP contribution >= 0.6 is 0 Å². The summed E-state index contributed by atoms with van der Waals surface area (Å²) < 4.78 is 7.54. The zero-order chi connectivity index (χ0) is 14.8. The Morgan fingerprint density at radius 2 is 2.24 bits per heavy atom. The third kappa shape index (κ3) is 3.35. The summed E-state index contributed by atoms with van der Waals surface area (Å²) in [5.74, 6) is 1.77. The number of imidazole rings is 1. The lowest BCUT2D eigenvalue weighted by molar-refractivity contribution is 0.412. The number of nitrogens with zero attached hydrogens (tertiary/aromatic N) is 2. The fourth-order valence-electron chi connectivity index (χ4n) is 2.69. The molecule has 0 atom stereocenters. The minimum absolute atomic E-state index is 0.879.